The summed E-state index contributed by atoms with van der Waals surface area (Å²) < 4.78 is 51.4. The van der Waals surface area contributed by atoms with E-state index in [4.69, 9.17) is 4.52 Å². The third kappa shape index (κ3) is 7.63. The molecule has 0 radical (unpaired) electrons. The molecule has 0 unspecified atom stereocenters. The van der Waals surface area contributed by atoms with Gasteiger partial charge in [-0.2, -0.15) is 13.2 Å². The van der Waals surface area contributed by atoms with Crippen LogP contribution in [-0.4, -0.2) is 35.3 Å². The smallest absolute Gasteiger partial charge is 0.416 e. The number of methoxy groups -OCH3 is 1. The first-order chi connectivity index (χ1) is 19.1. The van der Waals surface area contributed by atoms with Crippen molar-refractivity contribution in [2.75, 3.05) is 23.1 Å². The number of alkyl halides is 3. The van der Waals surface area contributed by atoms with Crippen LogP contribution in [0.3, 0.4) is 0 Å². The molecule has 40 heavy (non-hydrogen) atoms. The second-order valence-electron chi connectivity index (χ2n) is 8.38. The van der Waals surface area contributed by atoms with E-state index in [1.807, 2.05) is 0 Å². The van der Waals surface area contributed by atoms with Gasteiger partial charge in [0.1, 0.15) is 5.69 Å². The van der Waals surface area contributed by atoms with E-state index in [2.05, 4.69) is 30.9 Å². The Balaban J connectivity index is 1.40. The molecule has 2 aromatic heterocycles. The van der Waals surface area contributed by atoms with E-state index in [-0.39, 0.29) is 35.8 Å². The third-order valence-electron chi connectivity index (χ3n) is 5.33. The summed E-state index contributed by atoms with van der Waals surface area (Å²) in [6.45, 7) is 0.133. The maximum absolute atomic E-state index is 13.5. The van der Waals surface area contributed by atoms with Gasteiger partial charge in [0.25, 0.3) is 6.20 Å². The summed E-state index contributed by atoms with van der Waals surface area (Å²) in [4.78, 5) is 40.5. The van der Waals surface area contributed by atoms with Gasteiger partial charge in [0.05, 0.1) is 24.7 Å². The van der Waals surface area contributed by atoms with Gasteiger partial charge in [-0.15, -0.1) is 0 Å². The van der Waals surface area contributed by atoms with E-state index in [9.17, 15) is 27.6 Å². The van der Waals surface area contributed by atoms with Crippen molar-refractivity contribution in [3.8, 4) is 0 Å². The molecule has 14 heteroatoms. The van der Waals surface area contributed by atoms with E-state index >= 15 is 0 Å². The number of nitrogens with zero attached hydrogens (tertiary/aromatic N) is 3. The predicted octanol–water partition coefficient (Wildman–Crippen LogP) is 4.04. The molecular weight excluding hydrogens is 533 g/mol. The molecule has 0 aliphatic rings. The van der Waals surface area contributed by atoms with Crippen LogP contribution in [0, 0.1) is 0 Å². The highest BCUT2D eigenvalue weighted by atomic mass is 19.4. The quantitative estimate of drug-likeness (QED) is 0.220. The lowest BCUT2D eigenvalue weighted by atomic mass is 10.1. The molecule has 0 saturated carbocycles. The second kappa shape index (κ2) is 12.1. The number of pyridine rings is 1. The summed E-state index contributed by atoms with van der Waals surface area (Å²) in [5, 5.41) is 10.8. The molecule has 2 aromatic carbocycles. The van der Waals surface area contributed by atoms with Gasteiger partial charge >= 0.3 is 24.1 Å². The zero-order valence-electron chi connectivity index (χ0n) is 20.9. The predicted molar refractivity (Wildman–Crippen MR) is 134 cm³/mol. The Kier molecular flexibility index (Phi) is 8.37. The molecule has 0 aliphatic heterocycles. The van der Waals surface area contributed by atoms with Gasteiger partial charge in [-0.05, 0) is 40.6 Å². The standard InChI is InChI=1S/C26H21F3N6O5/c1-39-24(37)17-7-8-19(30-13-17)14-35-15-23(40-34-35)33-25(38)32-21-11-18(26(27,28)29)10-20(12-21)31-22(36)9-16-5-3-2-4-6-16/h2-8,10-13,15H,9,14H2,1H3,(H2-,31,32,33,34,36,38)/p+1. The van der Waals surface area contributed by atoms with Gasteiger partial charge in [-0.3, -0.25) is 19.6 Å². The maximum atomic E-state index is 13.5. The highest BCUT2D eigenvalue weighted by molar-refractivity contribution is 6.00. The van der Waals surface area contributed by atoms with Gasteiger partial charge in [0.15, 0.2) is 0 Å². The molecule has 3 amide bonds. The Bertz CT molecular complexity index is 1510. The lowest BCUT2D eigenvalue weighted by molar-refractivity contribution is -0.755. The van der Waals surface area contributed by atoms with E-state index in [0.717, 1.165) is 12.1 Å². The van der Waals surface area contributed by atoms with E-state index in [1.54, 1.807) is 36.4 Å². The van der Waals surface area contributed by atoms with E-state index in [0.29, 0.717) is 11.3 Å². The highest BCUT2D eigenvalue weighted by Crippen LogP contribution is 2.33. The topological polar surface area (TPSA) is 139 Å². The number of hydrogen-bond donors (Lipinski definition) is 3. The van der Waals surface area contributed by atoms with Crippen molar-refractivity contribution in [3.63, 3.8) is 0 Å². The van der Waals surface area contributed by atoms with Crippen LogP contribution in [0.25, 0.3) is 0 Å². The molecule has 2 heterocycles. The van der Waals surface area contributed by atoms with Crippen molar-refractivity contribution in [1.29, 1.82) is 0 Å². The SMILES string of the molecule is COC(=O)c1ccc(C[n+]2cc(NC(=O)Nc3cc(NC(=O)Cc4ccccc4)cc(C(F)(F)F)c3)on2)nc1. The van der Waals surface area contributed by atoms with Crippen LogP contribution in [0.2, 0.25) is 0 Å². The normalized spacial score (nSPS) is 11.0. The fourth-order valence-corrected chi connectivity index (χ4v) is 3.53. The number of carbonyl (C=O) groups excluding carboxylic acids is 3. The highest BCUT2D eigenvalue weighted by Gasteiger charge is 2.31. The summed E-state index contributed by atoms with van der Waals surface area (Å²) in [5.74, 6) is -1.17. The number of esters is 1. The number of urea groups is 1. The van der Waals surface area contributed by atoms with Crippen molar-refractivity contribution in [2.45, 2.75) is 19.1 Å². The number of hydrogen-bond acceptors (Lipinski definition) is 7. The molecule has 0 aliphatic carbocycles. The third-order valence-corrected chi connectivity index (χ3v) is 5.33. The number of nitrogens with one attached hydrogen (secondary N) is 3. The lowest BCUT2D eigenvalue weighted by Gasteiger charge is -2.14. The molecule has 3 N–H and O–H groups in total. The average molecular weight is 555 g/mol. The first-order valence-corrected chi connectivity index (χ1v) is 11.6. The van der Waals surface area contributed by atoms with Crippen molar-refractivity contribution < 1.29 is 41.5 Å². The molecule has 0 fully saturated rings. The molecule has 206 valence electrons. The summed E-state index contributed by atoms with van der Waals surface area (Å²) >= 11 is 0. The van der Waals surface area contributed by atoms with Crippen molar-refractivity contribution >= 4 is 35.2 Å². The van der Waals surface area contributed by atoms with Crippen molar-refractivity contribution in [3.05, 3.63) is 95.4 Å². The largest absolute Gasteiger partial charge is 0.465 e. The average Bonchev–Trinajstić information content (AvgIpc) is 3.34. The number of anilines is 3. The number of benzene rings is 2. The zero-order chi connectivity index (χ0) is 28.7. The monoisotopic (exact) mass is 555 g/mol. The van der Waals surface area contributed by atoms with Crippen molar-refractivity contribution in [2.24, 2.45) is 0 Å². The number of rotatable bonds is 8. The van der Waals surface area contributed by atoms with Crippen LogP contribution >= 0.6 is 0 Å². The Morgan fingerprint density at radius 3 is 2.35 bits per heavy atom. The van der Waals surface area contributed by atoms with Gasteiger partial charge in [0.2, 0.25) is 17.7 Å². The van der Waals surface area contributed by atoms with Crippen LogP contribution in [0.5, 0.6) is 0 Å². The summed E-state index contributed by atoms with van der Waals surface area (Å²) in [5.41, 5.74) is 0.0436. The Morgan fingerprint density at radius 2 is 1.70 bits per heavy atom. The molecular formula is C26H22F3N6O5+. The fourth-order valence-electron chi connectivity index (χ4n) is 3.53. The number of halogens is 3. The van der Waals surface area contributed by atoms with Gasteiger partial charge < -0.3 is 15.4 Å². The van der Waals surface area contributed by atoms with Crippen LogP contribution in [0.15, 0.2) is 77.6 Å². The lowest BCUT2D eigenvalue weighted by Crippen LogP contribution is -2.35. The number of amides is 3. The summed E-state index contributed by atoms with van der Waals surface area (Å²) in [6, 6.07) is 13.6. The minimum atomic E-state index is -4.73. The Morgan fingerprint density at radius 1 is 0.975 bits per heavy atom. The zero-order valence-corrected chi connectivity index (χ0v) is 20.9. The first kappa shape index (κ1) is 27.8. The van der Waals surface area contributed by atoms with Gasteiger partial charge in [-0.25, -0.2) is 9.59 Å². The molecule has 0 spiro atoms. The van der Waals surface area contributed by atoms with Crippen LogP contribution in [0.1, 0.15) is 27.2 Å². The minimum absolute atomic E-state index is 0.0449. The molecule has 0 atom stereocenters. The Labute approximate surface area is 224 Å². The minimum Gasteiger partial charge on any atom is -0.465 e. The van der Waals surface area contributed by atoms with Crippen LogP contribution in [-0.2, 0) is 28.7 Å². The van der Waals surface area contributed by atoms with Gasteiger partial charge in [-0.1, -0.05) is 30.3 Å². The second-order valence-corrected chi connectivity index (χ2v) is 8.38. The number of aromatic nitrogens is 3. The summed E-state index contributed by atoms with van der Waals surface area (Å²) in [7, 11) is 1.25. The number of ether oxygens (including phenoxy) is 1. The van der Waals surface area contributed by atoms with Crippen LogP contribution < -0.4 is 20.6 Å². The summed E-state index contributed by atoms with van der Waals surface area (Å²) in [6.07, 6.45) is -2.11. The Hall–Kier alpha value is -5.27. The molecule has 11 nitrogen and oxygen atoms in total. The van der Waals surface area contributed by atoms with E-state index in [1.165, 1.54) is 36.3 Å². The van der Waals surface area contributed by atoms with Gasteiger partial charge in [0, 0.05) is 17.6 Å². The number of carbonyl (C=O) groups is 3. The van der Waals surface area contributed by atoms with Crippen molar-refractivity contribution in [1.82, 2.24) is 10.3 Å². The molecule has 0 bridgehead atoms. The molecule has 4 aromatic rings. The molecule has 4 rings (SSSR count). The maximum Gasteiger partial charge on any atom is 0.416 e. The van der Waals surface area contributed by atoms with E-state index < -0.39 is 29.6 Å². The molecule has 0 saturated heterocycles. The van der Waals surface area contributed by atoms with Crippen LogP contribution in [0.4, 0.5) is 35.2 Å². The first-order valence-electron chi connectivity index (χ1n) is 11.6. The fraction of sp³-hybridized carbons (Fsp3) is 0.154.